The summed E-state index contributed by atoms with van der Waals surface area (Å²) in [7, 11) is 0. The summed E-state index contributed by atoms with van der Waals surface area (Å²) in [6.07, 6.45) is 4.72. The van der Waals surface area contributed by atoms with Gasteiger partial charge in [0.15, 0.2) is 5.13 Å². The molecule has 1 aromatic carbocycles. The number of halogens is 1. The number of benzene rings is 1. The summed E-state index contributed by atoms with van der Waals surface area (Å²) in [5.74, 6) is -0.124. The minimum atomic E-state index is -0.411. The highest BCUT2D eigenvalue weighted by atomic mass is 35.5. The first-order chi connectivity index (χ1) is 11.7. The average Bonchev–Trinajstić information content (AvgIpc) is 3.33. The van der Waals surface area contributed by atoms with Crippen LogP contribution in [0.15, 0.2) is 23.6 Å². The number of carbonyl (C=O) groups excluding carboxylic acids is 1. The zero-order chi connectivity index (χ0) is 16.5. The molecule has 0 saturated carbocycles. The maximum atomic E-state index is 12.3. The van der Waals surface area contributed by atoms with Gasteiger partial charge >= 0.3 is 0 Å². The zero-order valence-electron chi connectivity index (χ0n) is 13.9. The number of anilines is 1. The van der Waals surface area contributed by atoms with E-state index >= 15 is 0 Å². The van der Waals surface area contributed by atoms with Gasteiger partial charge in [0.25, 0.3) is 5.91 Å². The first-order valence-corrected chi connectivity index (χ1v) is 9.35. The highest BCUT2D eigenvalue weighted by Gasteiger charge is 2.30. The zero-order valence-corrected chi connectivity index (χ0v) is 15.5. The van der Waals surface area contributed by atoms with Crippen LogP contribution in [0.3, 0.4) is 0 Å². The summed E-state index contributed by atoms with van der Waals surface area (Å²) < 4.78 is 5.63. The number of rotatable bonds is 4. The van der Waals surface area contributed by atoms with Gasteiger partial charge in [-0.25, -0.2) is 4.98 Å². The van der Waals surface area contributed by atoms with Crippen molar-refractivity contribution in [2.45, 2.75) is 44.3 Å². The Morgan fingerprint density at radius 1 is 1.32 bits per heavy atom. The Morgan fingerprint density at radius 2 is 2.16 bits per heavy atom. The molecule has 1 amide bonds. The Balaban J connectivity index is 0.00000182. The molecular formula is C18H22ClN3O2S. The van der Waals surface area contributed by atoms with Crippen molar-refractivity contribution in [1.29, 1.82) is 0 Å². The Labute approximate surface area is 157 Å². The average molecular weight is 380 g/mol. The van der Waals surface area contributed by atoms with Crippen molar-refractivity contribution in [3.63, 3.8) is 0 Å². The molecule has 2 heterocycles. The Bertz CT molecular complexity index is 765. The number of amides is 1. The van der Waals surface area contributed by atoms with E-state index < -0.39 is 6.10 Å². The summed E-state index contributed by atoms with van der Waals surface area (Å²) in [6.45, 7) is 0.462. The summed E-state index contributed by atoms with van der Waals surface area (Å²) in [5, 5.41) is 5.48. The van der Waals surface area contributed by atoms with Crippen molar-refractivity contribution in [3.8, 4) is 11.3 Å². The number of thiazole rings is 1. The summed E-state index contributed by atoms with van der Waals surface area (Å²) in [5.41, 5.74) is 10.5. The fraction of sp³-hybridized carbons (Fsp3) is 0.444. The predicted octanol–water partition coefficient (Wildman–Crippen LogP) is 3.17. The molecule has 3 N–H and O–H groups in total. The fourth-order valence-electron chi connectivity index (χ4n) is 3.45. The molecule has 0 radical (unpaired) electrons. The molecule has 2 atom stereocenters. The van der Waals surface area contributed by atoms with E-state index in [0.717, 1.165) is 30.5 Å². The van der Waals surface area contributed by atoms with Gasteiger partial charge in [-0.2, -0.15) is 0 Å². The minimum Gasteiger partial charge on any atom is -0.364 e. The molecule has 2 aliphatic rings. The van der Waals surface area contributed by atoms with Crippen molar-refractivity contribution in [2.24, 2.45) is 5.73 Å². The van der Waals surface area contributed by atoms with Gasteiger partial charge in [0.1, 0.15) is 6.10 Å². The third-order valence-corrected chi connectivity index (χ3v) is 5.55. The first kappa shape index (κ1) is 18.3. The number of carbonyl (C=O) groups is 1. The van der Waals surface area contributed by atoms with Crippen molar-refractivity contribution in [2.75, 3.05) is 11.9 Å². The van der Waals surface area contributed by atoms with E-state index in [-0.39, 0.29) is 24.4 Å². The van der Waals surface area contributed by atoms with Crippen LogP contribution in [-0.2, 0) is 22.4 Å². The number of aromatic nitrogens is 1. The lowest BCUT2D eigenvalue weighted by molar-refractivity contribution is -0.126. The molecular weight excluding hydrogens is 358 g/mol. The largest absolute Gasteiger partial charge is 0.364 e. The molecule has 1 aromatic heterocycles. The topological polar surface area (TPSA) is 77.2 Å². The van der Waals surface area contributed by atoms with Gasteiger partial charge in [-0.3, -0.25) is 10.1 Å². The molecule has 4 rings (SSSR count). The van der Waals surface area contributed by atoms with Gasteiger partial charge < -0.3 is 10.5 Å². The lowest BCUT2D eigenvalue weighted by Crippen LogP contribution is -2.29. The quantitative estimate of drug-likeness (QED) is 0.855. The van der Waals surface area contributed by atoms with E-state index in [1.54, 1.807) is 0 Å². The Hall–Kier alpha value is -1.47. The molecule has 1 saturated heterocycles. The summed E-state index contributed by atoms with van der Waals surface area (Å²) >= 11 is 1.45. The van der Waals surface area contributed by atoms with Crippen LogP contribution in [-0.4, -0.2) is 29.6 Å². The van der Waals surface area contributed by atoms with E-state index in [0.29, 0.717) is 11.7 Å². The number of fused-ring (bicyclic) bond motifs is 1. The third kappa shape index (κ3) is 3.87. The lowest BCUT2D eigenvalue weighted by Gasteiger charge is -2.11. The number of hydrogen-bond acceptors (Lipinski definition) is 5. The van der Waals surface area contributed by atoms with Gasteiger partial charge in [0.2, 0.25) is 0 Å². The monoisotopic (exact) mass is 379 g/mol. The van der Waals surface area contributed by atoms with Crippen LogP contribution >= 0.6 is 23.7 Å². The van der Waals surface area contributed by atoms with Crippen LogP contribution in [0.1, 0.15) is 30.4 Å². The molecule has 25 heavy (non-hydrogen) atoms. The summed E-state index contributed by atoms with van der Waals surface area (Å²) in [4.78, 5) is 16.8. The number of nitrogens with zero attached hydrogens (tertiary/aromatic N) is 1. The van der Waals surface area contributed by atoms with E-state index in [1.807, 2.05) is 5.38 Å². The Kier molecular flexibility index (Phi) is 5.74. The molecule has 1 aliphatic carbocycles. The second kappa shape index (κ2) is 7.83. The van der Waals surface area contributed by atoms with Crippen molar-refractivity contribution in [3.05, 3.63) is 34.7 Å². The Morgan fingerprint density at radius 3 is 2.96 bits per heavy atom. The SMILES string of the molecule is Cl.NC[C@H]1CC[C@@H](C(=O)Nc2nc(-c3ccc4c(c3)CCC4)cs2)O1. The first-order valence-electron chi connectivity index (χ1n) is 8.47. The van der Waals surface area contributed by atoms with Gasteiger partial charge in [-0.1, -0.05) is 12.1 Å². The molecule has 1 aliphatic heterocycles. The van der Waals surface area contributed by atoms with Crippen LogP contribution in [0.25, 0.3) is 11.3 Å². The number of ether oxygens (including phenoxy) is 1. The van der Waals surface area contributed by atoms with Crippen LogP contribution in [0.5, 0.6) is 0 Å². The number of nitrogens with two attached hydrogens (primary N) is 1. The predicted molar refractivity (Wildman–Crippen MR) is 102 cm³/mol. The molecule has 0 unspecified atom stereocenters. The van der Waals surface area contributed by atoms with E-state index in [2.05, 4.69) is 28.5 Å². The van der Waals surface area contributed by atoms with Crippen molar-refractivity contribution >= 4 is 34.8 Å². The fourth-order valence-corrected chi connectivity index (χ4v) is 4.18. The second-order valence-electron chi connectivity index (χ2n) is 6.42. The maximum absolute atomic E-state index is 12.3. The van der Waals surface area contributed by atoms with Gasteiger partial charge in [0, 0.05) is 17.5 Å². The lowest BCUT2D eigenvalue weighted by atomic mass is 10.1. The minimum absolute atomic E-state index is 0. The van der Waals surface area contributed by atoms with Crippen LogP contribution in [0.2, 0.25) is 0 Å². The summed E-state index contributed by atoms with van der Waals surface area (Å²) in [6, 6.07) is 6.56. The van der Waals surface area contributed by atoms with Crippen molar-refractivity contribution < 1.29 is 9.53 Å². The van der Waals surface area contributed by atoms with E-state index in [1.165, 1.54) is 35.3 Å². The second-order valence-corrected chi connectivity index (χ2v) is 7.28. The van der Waals surface area contributed by atoms with Crippen molar-refractivity contribution in [1.82, 2.24) is 4.98 Å². The molecule has 5 nitrogen and oxygen atoms in total. The van der Waals surface area contributed by atoms with E-state index in [9.17, 15) is 4.79 Å². The molecule has 0 spiro atoms. The van der Waals surface area contributed by atoms with Crippen LogP contribution in [0, 0.1) is 0 Å². The molecule has 134 valence electrons. The molecule has 7 heteroatoms. The van der Waals surface area contributed by atoms with Crippen LogP contribution in [0.4, 0.5) is 5.13 Å². The molecule has 2 aromatic rings. The highest BCUT2D eigenvalue weighted by molar-refractivity contribution is 7.14. The normalized spacial score (nSPS) is 21.6. The highest BCUT2D eigenvalue weighted by Crippen LogP contribution is 2.30. The number of hydrogen-bond donors (Lipinski definition) is 2. The van der Waals surface area contributed by atoms with Gasteiger partial charge in [0.05, 0.1) is 11.8 Å². The van der Waals surface area contributed by atoms with E-state index in [4.69, 9.17) is 10.5 Å². The maximum Gasteiger partial charge on any atom is 0.255 e. The number of aryl methyl sites for hydroxylation is 2. The van der Waals surface area contributed by atoms with Gasteiger partial charge in [-0.15, -0.1) is 23.7 Å². The van der Waals surface area contributed by atoms with Gasteiger partial charge in [-0.05, 0) is 49.3 Å². The number of nitrogens with one attached hydrogen (secondary N) is 1. The smallest absolute Gasteiger partial charge is 0.255 e. The third-order valence-electron chi connectivity index (χ3n) is 4.79. The standard InChI is InChI=1S/C18H21N3O2S.ClH/c19-9-14-6-7-16(23-14)17(22)21-18-20-15(10-24-18)13-5-4-11-2-1-3-12(11)8-13;/h4-5,8,10,14,16H,1-3,6-7,9,19H2,(H,20,21,22);1H/t14-,16+;/m1./s1. The molecule has 1 fully saturated rings. The van der Waals surface area contributed by atoms with Crippen LogP contribution < -0.4 is 11.1 Å². The molecule has 0 bridgehead atoms.